The van der Waals surface area contributed by atoms with Gasteiger partial charge in [-0.05, 0) is 67.1 Å². The van der Waals surface area contributed by atoms with E-state index in [1.807, 2.05) is 18.2 Å². The average molecular weight is 336 g/mol. The Kier molecular flexibility index (Phi) is 5.49. The van der Waals surface area contributed by atoms with Gasteiger partial charge in [0.15, 0.2) is 0 Å². The molecule has 1 aromatic carbocycles. The summed E-state index contributed by atoms with van der Waals surface area (Å²) in [6, 6.07) is 8.44. The number of benzene rings is 1. The molecule has 4 nitrogen and oxygen atoms in total. The maximum atomic E-state index is 5.65. The van der Waals surface area contributed by atoms with Crippen LogP contribution < -0.4 is 4.74 Å². The van der Waals surface area contributed by atoms with Crippen LogP contribution in [0, 0.1) is 0 Å². The molecule has 0 N–H and O–H groups in total. The SMILES string of the molecule is CN(C)CCCc1cccc(Oc2ncc(Br)cn2)c1. The predicted molar refractivity (Wildman–Crippen MR) is 83.1 cm³/mol. The van der Waals surface area contributed by atoms with Gasteiger partial charge in [0.2, 0.25) is 0 Å². The molecule has 1 aromatic heterocycles. The van der Waals surface area contributed by atoms with Crippen LogP contribution in [0.15, 0.2) is 41.1 Å². The van der Waals surface area contributed by atoms with Crippen LogP contribution in [0.2, 0.25) is 0 Å². The molecule has 5 heteroatoms. The molecule has 0 aliphatic carbocycles. The molecule has 0 saturated heterocycles. The van der Waals surface area contributed by atoms with Gasteiger partial charge in [-0.25, -0.2) is 9.97 Å². The number of nitrogens with zero attached hydrogens (tertiary/aromatic N) is 3. The summed E-state index contributed by atoms with van der Waals surface area (Å²) in [5.41, 5.74) is 1.27. The first kappa shape index (κ1) is 14.9. The number of ether oxygens (including phenoxy) is 1. The summed E-state index contributed by atoms with van der Waals surface area (Å²) in [5, 5.41) is 0. The van der Waals surface area contributed by atoms with Gasteiger partial charge in [-0.3, -0.25) is 0 Å². The Balaban J connectivity index is 1.96. The van der Waals surface area contributed by atoms with E-state index in [1.165, 1.54) is 5.56 Å². The van der Waals surface area contributed by atoms with Gasteiger partial charge in [-0.1, -0.05) is 12.1 Å². The van der Waals surface area contributed by atoms with Gasteiger partial charge < -0.3 is 9.64 Å². The van der Waals surface area contributed by atoms with E-state index in [-0.39, 0.29) is 0 Å². The number of aryl methyl sites for hydroxylation is 1. The molecule has 0 aliphatic heterocycles. The summed E-state index contributed by atoms with van der Waals surface area (Å²) in [7, 11) is 4.18. The van der Waals surface area contributed by atoms with E-state index in [0.29, 0.717) is 6.01 Å². The predicted octanol–water partition coefficient (Wildman–Crippen LogP) is 3.53. The zero-order chi connectivity index (χ0) is 14.4. The highest BCUT2D eigenvalue weighted by atomic mass is 79.9. The van der Waals surface area contributed by atoms with Crippen LogP contribution >= 0.6 is 15.9 Å². The first-order valence-electron chi connectivity index (χ1n) is 6.52. The molecular formula is C15H18BrN3O. The Morgan fingerprint density at radius 1 is 1.20 bits per heavy atom. The Labute approximate surface area is 127 Å². The molecule has 0 unspecified atom stereocenters. The van der Waals surface area contributed by atoms with Gasteiger partial charge in [0, 0.05) is 12.4 Å². The molecule has 0 bridgehead atoms. The molecule has 0 spiro atoms. The van der Waals surface area contributed by atoms with E-state index in [4.69, 9.17) is 4.74 Å². The maximum Gasteiger partial charge on any atom is 0.321 e. The molecule has 20 heavy (non-hydrogen) atoms. The van der Waals surface area contributed by atoms with Crippen molar-refractivity contribution in [2.24, 2.45) is 0 Å². The quantitative estimate of drug-likeness (QED) is 0.809. The third-order valence-corrected chi connectivity index (χ3v) is 3.18. The Hall–Kier alpha value is -1.46. The molecule has 0 aliphatic rings. The van der Waals surface area contributed by atoms with E-state index in [9.17, 15) is 0 Å². The molecule has 0 radical (unpaired) electrons. The van der Waals surface area contributed by atoms with Gasteiger partial charge in [0.1, 0.15) is 5.75 Å². The van der Waals surface area contributed by atoms with E-state index >= 15 is 0 Å². The smallest absolute Gasteiger partial charge is 0.321 e. The van der Waals surface area contributed by atoms with Crippen molar-refractivity contribution in [3.63, 3.8) is 0 Å². The van der Waals surface area contributed by atoms with E-state index < -0.39 is 0 Å². The molecule has 0 fully saturated rings. The summed E-state index contributed by atoms with van der Waals surface area (Å²) in [4.78, 5) is 10.4. The average Bonchev–Trinajstić information content (AvgIpc) is 2.41. The van der Waals surface area contributed by atoms with Crippen molar-refractivity contribution >= 4 is 15.9 Å². The molecule has 0 atom stereocenters. The van der Waals surface area contributed by atoms with Gasteiger partial charge >= 0.3 is 6.01 Å². The van der Waals surface area contributed by atoms with Crippen LogP contribution in [0.5, 0.6) is 11.8 Å². The summed E-state index contributed by atoms with van der Waals surface area (Å²) in [6.45, 7) is 1.08. The number of hydrogen-bond acceptors (Lipinski definition) is 4. The molecular weight excluding hydrogens is 318 g/mol. The largest absolute Gasteiger partial charge is 0.424 e. The minimum absolute atomic E-state index is 0.360. The molecule has 2 aromatic rings. The van der Waals surface area contributed by atoms with E-state index in [1.54, 1.807) is 12.4 Å². The highest BCUT2D eigenvalue weighted by Gasteiger charge is 2.02. The molecule has 0 amide bonds. The highest BCUT2D eigenvalue weighted by Crippen LogP contribution is 2.20. The second-order valence-corrected chi connectivity index (χ2v) is 5.76. The van der Waals surface area contributed by atoms with Gasteiger partial charge in [-0.2, -0.15) is 0 Å². The summed E-state index contributed by atoms with van der Waals surface area (Å²) in [6.07, 6.45) is 5.51. The number of aromatic nitrogens is 2. The van der Waals surface area contributed by atoms with Crippen LogP contribution in [0.25, 0.3) is 0 Å². The summed E-state index contributed by atoms with van der Waals surface area (Å²) < 4.78 is 6.48. The van der Waals surface area contributed by atoms with Crippen LogP contribution in [0.1, 0.15) is 12.0 Å². The van der Waals surface area contributed by atoms with Crippen LogP contribution in [-0.2, 0) is 6.42 Å². The summed E-state index contributed by atoms with van der Waals surface area (Å²) >= 11 is 3.30. The van der Waals surface area contributed by atoms with Crippen molar-refractivity contribution < 1.29 is 4.74 Å². The third kappa shape index (κ3) is 4.90. The van der Waals surface area contributed by atoms with E-state index in [0.717, 1.165) is 29.6 Å². The fraction of sp³-hybridized carbons (Fsp3) is 0.333. The van der Waals surface area contributed by atoms with Crippen molar-refractivity contribution in [2.45, 2.75) is 12.8 Å². The summed E-state index contributed by atoms with van der Waals surface area (Å²) in [5.74, 6) is 0.773. The van der Waals surface area contributed by atoms with Gasteiger partial charge in [0.05, 0.1) is 4.47 Å². The Morgan fingerprint density at radius 2 is 1.95 bits per heavy atom. The number of rotatable bonds is 6. The zero-order valence-corrected chi connectivity index (χ0v) is 13.3. The lowest BCUT2D eigenvalue weighted by Gasteiger charge is -2.09. The molecule has 2 rings (SSSR count). The van der Waals surface area contributed by atoms with Crippen LogP contribution in [0.4, 0.5) is 0 Å². The molecule has 1 heterocycles. The fourth-order valence-corrected chi connectivity index (χ4v) is 2.03. The zero-order valence-electron chi connectivity index (χ0n) is 11.7. The minimum atomic E-state index is 0.360. The first-order chi connectivity index (χ1) is 9.63. The van der Waals surface area contributed by atoms with Crippen LogP contribution in [0.3, 0.4) is 0 Å². The van der Waals surface area contributed by atoms with Crippen molar-refractivity contribution in [1.29, 1.82) is 0 Å². The second-order valence-electron chi connectivity index (χ2n) is 4.84. The van der Waals surface area contributed by atoms with Crippen molar-refractivity contribution in [1.82, 2.24) is 14.9 Å². The second kappa shape index (κ2) is 7.36. The van der Waals surface area contributed by atoms with Gasteiger partial charge in [-0.15, -0.1) is 0 Å². The first-order valence-corrected chi connectivity index (χ1v) is 7.32. The van der Waals surface area contributed by atoms with Crippen molar-refractivity contribution in [2.75, 3.05) is 20.6 Å². The lowest BCUT2D eigenvalue weighted by Crippen LogP contribution is -2.13. The molecule has 106 valence electrons. The lowest BCUT2D eigenvalue weighted by molar-refractivity contribution is 0.400. The number of halogens is 1. The Morgan fingerprint density at radius 3 is 2.65 bits per heavy atom. The standard InChI is InChI=1S/C15H18BrN3O/c1-19(2)8-4-6-12-5-3-7-14(9-12)20-15-17-10-13(16)11-18-15/h3,5,7,9-11H,4,6,8H2,1-2H3. The van der Waals surface area contributed by atoms with E-state index in [2.05, 4.69) is 51.0 Å². The van der Waals surface area contributed by atoms with Gasteiger partial charge in [0.25, 0.3) is 0 Å². The highest BCUT2D eigenvalue weighted by molar-refractivity contribution is 9.10. The monoisotopic (exact) mass is 335 g/mol. The third-order valence-electron chi connectivity index (χ3n) is 2.78. The minimum Gasteiger partial charge on any atom is -0.424 e. The normalized spacial score (nSPS) is 10.8. The van der Waals surface area contributed by atoms with Crippen molar-refractivity contribution in [3.8, 4) is 11.8 Å². The maximum absolute atomic E-state index is 5.65. The Bertz CT molecular complexity index is 543. The van der Waals surface area contributed by atoms with Crippen molar-refractivity contribution in [3.05, 3.63) is 46.7 Å². The topological polar surface area (TPSA) is 38.2 Å². The molecule has 0 saturated carbocycles. The fourth-order valence-electron chi connectivity index (χ4n) is 1.82. The lowest BCUT2D eigenvalue weighted by atomic mass is 10.1. The van der Waals surface area contributed by atoms with Crippen LogP contribution in [-0.4, -0.2) is 35.5 Å². The number of hydrogen-bond donors (Lipinski definition) is 0.